The van der Waals surface area contributed by atoms with Gasteiger partial charge in [-0.25, -0.2) is 4.79 Å². The van der Waals surface area contributed by atoms with Crippen molar-refractivity contribution in [2.75, 3.05) is 48.6 Å². The summed E-state index contributed by atoms with van der Waals surface area (Å²) in [5.41, 5.74) is -1.49. The first-order valence-electron chi connectivity index (χ1n) is 7.45. The molecule has 9 heteroatoms. The summed E-state index contributed by atoms with van der Waals surface area (Å²) < 4.78 is 11.0. The first kappa shape index (κ1) is 20.2. The fraction of sp³-hybridized carbons (Fsp3) is 0.667. The van der Waals surface area contributed by atoms with E-state index in [1.807, 2.05) is 0 Å². The summed E-state index contributed by atoms with van der Waals surface area (Å²) in [7, 11) is 7.90. The minimum atomic E-state index is -1.49. The van der Waals surface area contributed by atoms with Crippen LogP contribution in [0.1, 0.15) is 6.92 Å². The minimum Gasteiger partial charge on any atom is -0.498 e. The van der Waals surface area contributed by atoms with Gasteiger partial charge in [-0.2, -0.15) is 10.1 Å². The number of carboxylic acids is 1. The second-order valence-corrected chi connectivity index (χ2v) is 5.30. The number of likely N-dealkylation sites (N-methyl/N-ethyl adjacent to an activating group) is 2. The molecule has 0 saturated heterocycles. The fourth-order valence-electron chi connectivity index (χ4n) is 2.33. The third-order valence-corrected chi connectivity index (χ3v) is 4.11. The molecule has 24 heavy (non-hydrogen) atoms. The quantitative estimate of drug-likeness (QED) is 0.538. The molecule has 2 unspecified atom stereocenters. The van der Waals surface area contributed by atoms with Gasteiger partial charge in [0.25, 0.3) is 0 Å². The Bertz CT molecular complexity index is 496. The summed E-state index contributed by atoms with van der Waals surface area (Å²) in [5.74, 6) is -0.383. The molecule has 0 aliphatic carbocycles. The highest BCUT2D eigenvalue weighted by atomic mass is 16.7. The highest BCUT2D eigenvalue weighted by molar-refractivity contribution is 5.84. The molecule has 0 spiro atoms. The van der Waals surface area contributed by atoms with Crippen molar-refractivity contribution in [2.45, 2.75) is 18.5 Å². The average Bonchev–Trinajstić information content (AvgIpc) is 2.59. The van der Waals surface area contributed by atoms with Crippen LogP contribution in [0.25, 0.3) is 0 Å². The van der Waals surface area contributed by atoms with Crippen molar-refractivity contribution < 1.29 is 29.0 Å². The van der Waals surface area contributed by atoms with Gasteiger partial charge in [0, 0.05) is 26.4 Å². The lowest BCUT2D eigenvalue weighted by atomic mass is 9.86. The number of allylic oxidation sites excluding steroid dienone is 1. The van der Waals surface area contributed by atoms with Crippen LogP contribution in [0.5, 0.6) is 0 Å². The first-order valence-corrected chi connectivity index (χ1v) is 7.45. The number of ether oxygens (including phenoxy) is 2. The van der Waals surface area contributed by atoms with E-state index in [4.69, 9.17) is 19.1 Å². The Morgan fingerprint density at radius 1 is 1.33 bits per heavy atom. The van der Waals surface area contributed by atoms with Crippen molar-refractivity contribution in [3.63, 3.8) is 0 Å². The molecule has 0 aromatic rings. The van der Waals surface area contributed by atoms with Gasteiger partial charge < -0.3 is 29.6 Å². The Morgan fingerprint density at radius 2 is 2.00 bits per heavy atom. The molecule has 0 saturated carbocycles. The molecule has 0 radical (unpaired) electrons. The third kappa shape index (κ3) is 4.18. The van der Waals surface area contributed by atoms with Gasteiger partial charge in [-0.1, -0.05) is 0 Å². The number of carboxylic acid groups (broad SMARTS) is 1. The van der Waals surface area contributed by atoms with E-state index in [0.717, 1.165) is 0 Å². The second kappa shape index (κ2) is 8.88. The number of hydrogen-bond acceptors (Lipinski definition) is 8. The molecule has 138 valence electrons. The Kier molecular flexibility index (Phi) is 7.49. The zero-order valence-corrected chi connectivity index (χ0v) is 15.0. The maximum atomic E-state index is 12.0. The van der Waals surface area contributed by atoms with Crippen LogP contribution in [0, 0.1) is 0 Å². The summed E-state index contributed by atoms with van der Waals surface area (Å²) in [6.07, 6.45) is 3.08. The van der Waals surface area contributed by atoms with Crippen LogP contribution in [-0.2, 0) is 23.9 Å². The molecule has 1 aliphatic rings. The van der Waals surface area contributed by atoms with Gasteiger partial charge in [-0.15, -0.1) is 0 Å². The maximum Gasteiger partial charge on any atom is 0.339 e. The molecule has 9 nitrogen and oxygen atoms in total. The molecule has 1 heterocycles. The molecule has 1 aliphatic heterocycles. The smallest absolute Gasteiger partial charge is 0.339 e. The zero-order valence-electron chi connectivity index (χ0n) is 15.0. The van der Waals surface area contributed by atoms with Crippen LogP contribution >= 0.6 is 0 Å². The largest absolute Gasteiger partial charge is 0.498 e. The molecule has 2 atom stereocenters. The molecule has 0 aromatic heterocycles. The summed E-state index contributed by atoms with van der Waals surface area (Å²) in [4.78, 5) is 22.1. The van der Waals surface area contributed by atoms with Gasteiger partial charge in [-0.3, -0.25) is 0 Å². The number of methoxy groups -OCH3 is 1. The van der Waals surface area contributed by atoms with Crippen molar-refractivity contribution in [2.24, 2.45) is 0 Å². The van der Waals surface area contributed by atoms with Gasteiger partial charge in [0.15, 0.2) is 0 Å². The molecule has 0 amide bonds. The number of carbonyl (C=O) groups is 1. The van der Waals surface area contributed by atoms with Crippen molar-refractivity contribution in [1.82, 2.24) is 15.4 Å². The van der Waals surface area contributed by atoms with E-state index < -0.39 is 17.6 Å². The number of nitrogens with zero attached hydrogens (tertiary/aromatic N) is 2. The topological polar surface area (TPSA) is 92.7 Å². The van der Waals surface area contributed by atoms with Crippen molar-refractivity contribution in [3.8, 4) is 0 Å². The summed E-state index contributed by atoms with van der Waals surface area (Å²) >= 11 is 0. The molecule has 2 N–H and O–H groups in total. The summed E-state index contributed by atoms with van der Waals surface area (Å²) in [6, 6.07) is -0.552. The fourth-order valence-corrected chi connectivity index (χ4v) is 2.33. The highest BCUT2D eigenvalue weighted by Gasteiger charge is 2.51. The number of rotatable bonds is 10. The van der Waals surface area contributed by atoms with Gasteiger partial charge in [0.2, 0.25) is 5.54 Å². The van der Waals surface area contributed by atoms with E-state index in [1.54, 1.807) is 39.3 Å². The van der Waals surface area contributed by atoms with E-state index in [2.05, 4.69) is 5.32 Å². The standard InChI is InChI=1S/C15H27N3O6/c1-11(18(3)23-6)15(14(19)20)13(21-4)9-12(10-16-15)24-8-7-17(2)22-5/h9-11,16H,7-8H2,1-6H3,(H,19,20). The van der Waals surface area contributed by atoms with E-state index in [9.17, 15) is 9.90 Å². The van der Waals surface area contributed by atoms with Crippen molar-refractivity contribution in [3.05, 3.63) is 23.8 Å². The monoisotopic (exact) mass is 345 g/mol. The lowest BCUT2D eigenvalue weighted by molar-refractivity contribution is -0.173. The molecule has 0 aromatic carbocycles. The van der Waals surface area contributed by atoms with Gasteiger partial charge in [0.1, 0.15) is 18.1 Å². The Labute approximate surface area is 142 Å². The Morgan fingerprint density at radius 3 is 2.50 bits per heavy atom. The van der Waals surface area contributed by atoms with Crippen LogP contribution in [0.4, 0.5) is 0 Å². The van der Waals surface area contributed by atoms with E-state index in [0.29, 0.717) is 18.9 Å². The first-order chi connectivity index (χ1) is 11.3. The Balaban J connectivity index is 2.96. The summed E-state index contributed by atoms with van der Waals surface area (Å²) in [6.45, 7) is 2.65. The van der Waals surface area contributed by atoms with E-state index in [-0.39, 0.29) is 5.76 Å². The SMILES string of the molecule is COC1=CC(OCCN(C)OC)=CNC1(C(=O)O)C(C)N(C)OC. The number of hydrogen-bond donors (Lipinski definition) is 2. The maximum absolute atomic E-state index is 12.0. The third-order valence-electron chi connectivity index (χ3n) is 4.11. The molecule has 1 rings (SSSR count). The lowest BCUT2D eigenvalue weighted by Gasteiger charge is -2.41. The van der Waals surface area contributed by atoms with Gasteiger partial charge in [-0.05, 0) is 6.92 Å². The predicted molar refractivity (Wildman–Crippen MR) is 86.5 cm³/mol. The second-order valence-electron chi connectivity index (χ2n) is 5.30. The minimum absolute atomic E-state index is 0.226. The number of hydroxylamine groups is 4. The van der Waals surface area contributed by atoms with Crippen molar-refractivity contribution in [1.29, 1.82) is 0 Å². The number of dihydropyridines is 1. The number of nitrogens with one attached hydrogen (secondary N) is 1. The van der Waals surface area contributed by atoms with Crippen LogP contribution in [0.15, 0.2) is 23.8 Å². The average molecular weight is 345 g/mol. The van der Waals surface area contributed by atoms with Crippen LogP contribution < -0.4 is 5.32 Å². The van der Waals surface area contributed by atoms with Gasteiger partial charge >= 0.3 is 5.97 Å². The zero-order chi connectivity index (χ0) is 18.3. The van der Waals surface area contributed by atoms with Crippen LogP contribution in [-0.4, -0.2) is 81.4 Å². The number of aliphatic carboxylic acids is 1. The molecular weight excluding hydrogens is 318 g/mol. The lowest BCUT2D eigenvalue weighted by Crippen LogP contribution is -2.64. The normalized spacial score (nSPS) is 21.8. The van der Waals surface area contributed by atoms with Crippen molar-refractivity contribution >= 4 is 5.97 Å². The highest BCUT2D eigenvalue weighted by Crippen LogP contribution is 2.30. The van der Waals surface area contributed by atoms with Crippen LogP contribution in [0.2, 0.25) is 0 Å². The molecule has 0 bridgehead atoms. The molecular formula is C15H27N3O6. The van der Waals surface area contributed by atoms with E-state index in [1.165, 1.54) is 25.5 Å². The Hall–Kier alpha value is -1.81. The van der Waals surface area contributed by atoms with E-state index >= 15 is 0 Å². The van der Waals surface area contributed by atoms with Crippen LogP contribution in [0.3, 0.4) is 0 Å². The molecule has 0 fully saturated rings. The predicted octanol–water partition coefficient (Wildman–Crippen LogP) is 0.176. The van der Waals surface area contributed by atoms with Gasteiger partial charge in [0.05, 0.1) is 33.9 Å². The summed E-state index contributed by atoms with van der Waals surface area (Å²) in [5, 5.41) is 15.8.